The highest BCUT2D eigenvalue weighted by Gasteiger charge is 2.62. The van der Waals surface area contributed by atoms with Crippen molar-refractivity contribution < 1.29 is 27.8 Å². The average molecular weight is 569 g/mol. The highest BCUT2D eigenvalue weighted by molar-refractivity contribution is 6.68. The predicted molar refractivity (Wildman–Crippen MR) is 149 cm³/mol. The van der Waals surface area contributed by atoms with Crippen LogP contribution in [0.15, 0.2) is 59.3 Å². The molecule has 1 aromatic carbocycles. The highest BCUT2D eigenvalue weighted by Crippen LogP contribution is 2.60. The number of nitrogens with zero attached hydrogens (tertiary/aromatic N) is 3. The van der Waals surface area contributed by atoms with Crippen molar-refractivity contribution >= 4 is 29.4 Å². The molecule has 9 nitrogen and oxygen atoms in total. The molecule has 2 aromatic rings. The van der Waals surface area contributed by atoms with E-state index in [1.165, 1.54) is 24.5 Å². The third kappa shape index (κ3) is 6.94. The number of ketones is 1. The lowest BCUT2D eigenvalue weighted by Gasteiger charge is -2.24. The van der Waals surface area contributed by atoms with Crippen LogP contribution in [-0.4, -0.2) is 57.6 Å². The van der Waals surface area contributed by atoms with E-state index in [-0.39, 0.29) is 18.4 Å². The van der Waals surface area contributed by atoms with Gasteiger partial charge in [0.25, 0.3) is 5.92 Å². The molecule has 41 heavy (non-hydrogen) atoms. The minimum absolute atomic E-state index is 0.00784. The zero-order valence-electron chi connectivity index (χ0n) is 22.7. The number of halogens is 3. The number of aromatic nitrogens is 2. The monoisotopic (exact) mass is 568 g/mol. The van der Waals surface area contributed by atoms with Crippen molar-refractivity contribution in [2.75, 3.05) is 18.5 Å². The first-order valence-electron chi connectivity index (χ1n) is 13.1. The predicted octanol–water partition coefficient (Wildman–Crippen LogP) is 5.69. The Labute approximate surface area is 235 Å². The lowest BCUT2D eigenvalue weighted by atomic mass is 9.94. The fraction of sp³-hybridized carbons (Fsp3) is 0.379. The summed E-state index contributed by atoms with van der Waals surface area (Å²) in [5, 5.41) is 29.0. The van der Waals surface area contributed by atoms with Crippen molar-refractivity contribution in [2.24, 2.45) is 16.3 Å². The van der Waals surface area contributed by atoms with E-state index in [0.29, 0.717) is 41.8 Å². The van der Waals surface area contributed by atoms with Crippen LogP contribution in [0.5, 0.6) is 0 Å². The minimum atomic E-state index is -3.21. The van der Waals surface area contributed by atoms with Crippen LogP contribution in [0, 0.1) is 28.0 Å². The number of nitrogens with one attached hydrogen (secondary N) is 3. The number of hydrogen-bond acceptors (Lipinski definition) is 9. The van der Waals surface area contributed by atoms with E-state index >= 15 is 0 Å². The quantitative estimate of drug-likeness (QED) is 0.180. The van der Waals surface area contributed by atoms with Gasteiger partial charge in [0.1, 0.15) is 23.1 Å². The van der Waals surface area contributed by atoms with Crippen LogP contribution in [0.4, 0.5) is 19.1 Å². The van der Waals surface area contributed by atoms with Crippen molar-refractivity contribution in [2.45, 2.75) is 45.5 Å². The molecule has 4 rings (SSSR count). The van der Waals surface area contributed by atoms with Crippen LogP contribution in [0.25, 0.3) is 11.1 Å². The van der Waals surface area contributed by atoms with Crippen molar-refractivity contribution in [3.05, 3.63) is 65.7 Å². The molecule has 2 heterocycles. The van der Waals surface area contributed by atoms with Gasteiger partial charge in [-0.05, 0) is 49.5 Å². The number of benzene rings is 1. The Hall–Kier alpha value is -4.19. The molecule has 0 bridgehead atoms. The summed E-state index contributed by atoms with van der Waals surface area (Å²) in [6, 6.07) is 4.17. The summed E-state index contributed by atoms with van der Waals surface area (Å²) in [4.78, 5) is 25.4. The second-order valence-corrected chi connectivity index (χ2v) is 10.2. The molecular formula is C29H31F3N6O3. The molecule has 1 aliphatic carbocycles. The number of ether oxygens (including phenoxy) is 1. The average Bonchev–Trinajstić information content (AvgIpc) is 3.72. The fourth-order valence-corrected chi connectivity index (χ4v) is 4.30. The van der Waals surface area contributed by atoms with Gasteiger partial charge in [-0.15, -0.1) is 0 Å². The molecule has 0 atom stereocenters. The molecular weight excluding hydrogens is 537 g/mol. The summed E-state index contributed by atoms with van der Waals surface area (Å²) < 4.78 is 47.7. The summed E-state index contributed by atoms with van der Waals surface area (Å²) in [6.45, 7) is 3.93. The van der Waals surface area contributed by atoms with Gasteiger partial charge in [-0.25, -0.2) is 28.1 Å². The van der Waals surface area contributed by atoms with Gasteiger partial charge >= 0.3 is 0 Å². The number of Topliss-reactive ketones (excluding diaryl/α,β-unsaturated/α-hetero) is 1. The molecule has 4 N–H and O–H groups in total. The smallest absolute Gasteiger partial charge is 0.257 e. The van der Waals surface area contributed by atoms with Crippen molar-refractivity contribution in [3.8, 4) is 11.1 Å². The lowest BCUT2D eigenvalue weighted by Crippen LogP contribution is -2.30. The van der Waals surface area contributed by atoms with E-state index in [1.807, 2.05) is 6.08 Å². The number of anilines is 1. The maximum Gasteiger partial charge on any atom is 0.257 e. The summed E-state index contributed by atoms with van der Waals surface area (Å²) in [5.41, 5.74) is -2.31. The molecule has 0 amide bonds. The Balaban J connectivity index is 1.38. The maximum atomic E-state index is 14.9. The fourth-order valence-electron chi connectivity index (χ4n) is 4.30. The zero-order valence-corrected chi connectivity index (χ0v) is 22.7. The summed E-state index contributed by atoms with van der Waals surface area (Å²) >= 11 is 0. The first-order valence-corrected chi connectivity index (χ1v) is 13.1. The number of alkyl halides is 2. The van der Waals surface area contributed by atoms with Gasteiger partial charge in [-0.3, -0.25) is 15.6 Å². The van der Waals surface area contributed by atoms with Crippen LogP contribution < -0.4 is 5.32 Å². The van der Waals surface area contributed by atoms with Gasteiger partial charge in [0.2, 0.25) is 5.95 Å². The van der Waals surface area contributed by atoms with Crippen molar-refractivity contribution in [1.82, 2.24) is 9.97 Å². The molecule has 2 aliphatic rings. The Bertz CT molecular complexity index is 1420. The van der Waals surface area contributed by atoms with E-state index in [1.54, 1.807) is 19.2 Å². The van der Waals surface area contributed by atoms with Gasteiger partial charge in [-0.2, -0.15) is 0 Å². The third-order valence-electron chi connectivity index (χ3n) is 7.16. The van der Waals surface area contributed by atoms with Crippen molar-refractivity contribution in [1.29, 1.82) is 10.8 Å². The van der Waals surface area contributed by atoms with E-state index in [4.69, 9.17) is 15.6 Å². The lowest BCUT2D eigenvalue weighted by molar-refractivity contribution is -0.112. The van der Waals surface area contributed by atoms with E-state index in [2.05, 4.69) is 20.3 Å². The van der Waals surface area contributed by atoms with E-state index in [0.717, 1.165) is 19.6 Å². The largest absolute Gasteiger partial charge is 0.511 e. The van der Waals surface area contributed by atoms with Crippen molar-refractivity contribution in [3.63, 3.8) is 0 Å². The third-order valence-corrected chi connectivity index (χ3v) is 7.16. The van der Waals surface area contributed by atoms with Crippen LogP contribution in [0.2, 0.25) is 0 Å². The molecule has 216 valence electrons. The Morgan fingerprint density at radius 1 is 1.24 bits per heavy atom. The Morgan fingerprint density at radius 3 is 2.46 bits per heavy atom. The van der Waals surface area contributed by atoms with Crippen LogP contribution in [0.1, 0.15) is 38.7 Å². The number of carbonyl (C=O) groups is 1. The van der Waals surface area contributed by atoms with E-state index in [9.17, 15) is 23.1 Å². The Kier molecular flexibility index (Phi) is 8.81. The molecule has 0 unspecified atom stereocenters. The first-order chi connectivity index (χ1) is 19.4. The number of aliphatic imine (C=N–C) groups is 1. The number of carbonyl (C=O) groups excluding carboxylic acids is 1. The normalized spacial score (nSPS) is 17.3. The number of allylic oxidation sites excluding steroid dienone is 3. The molecule has 1 aliphatic heterocycles. The van der Waals surface area contributed by atoms with Gasteiger partial charge in [0, 0.05) is 49.5 Å². The Morgan fingerprint density at radius 2 is 1.93 bits per heavy atom. The van der Waals surface area contributed by atoms with E-state index < -0.39 is 46.5 Å². The van der Waals surface area contributed by atoms with Gasteiger partial charge in [0.15, 0.2) is 5.78 Å². The van der Waals surface area contributed by atoms with Gasteiger partial charge in [-0.1, -0.05) is 12.1 Å². The number of rotatable bonds is 13. The van der Waals surface area contributed by atoms with Crippen LogP contribution >= 0.6 is 0 Å². The van der Waals surface area contributed by atoms with Crippen LogP contribution in [-0.2, 0) is 16.0 Å². The second kappa shape index (κ2) is 12.1. The molecule has 2 fully saturated rings. The molecule has 1 saturated carbocycles. The summed E-state index contributed by atoms with van der Waals surface area (Å²) in [5.74, 6) is -4.15. The van der Waals surface area contributed by atoms with Crippen LogP contribution in [0.3, 0.4) is 0 Å². The molecule has 0 spiro atoms. The van der Waals surface area contributed by atoms with Gasteiger partial charge < -0.3 is 15.2 Å². The number of aliphatic hydroxyl groups excluding tert-OH is 1. The molecule has 0 radical (unpaired) electrons. The summed E-state index contributed by atoms with van der Waals surface area (Å²) in [6.07, 6.45) is 7.72. The minimum Gasteiger partial charge on any atom is -0.511 e. The SMILES string of the molecule is C/C=N\C(=C/CC1COC1)Nc1ncc(-c2ccc(CC(=O)C(=N)C(=N)/C=C(\O)C3(C(C)(F)F)CC3)c(F)c2)cn1. The summed E-state index contributed by atoms with van der Waals surface area (Å²) in [7, 11) is 0. The first kappa shape index (κ1) is 29.8. The standard InChI is InChI=1S/C29H31F3N6O3/c1-3-35-25(7-4-17-15-41-16-17)38-27-36-13-20(14-37-27)18-5-6-19(21(30)10-18)11-23(39)26(34)22(33)12-24(40)29(8-9-29)28(2,31)32/h3,5-7,10,12-14,17,33-34,40H,4,8-9,11,15-16H2,1-2H3,(H,36,37,38)/b24-12-,25-7+,33-22?,34-26?,35-3-. The molecule has 12 heteroatoms. The highest BCUT2D eigenvalue weighted by atomic mass is 19.3. The second-order valence-electron chi connectivity index (χ2n) is 10.2. The molecule has 1 saturated heterocycles. The van der Waals surface area contributed by atoms with Gasteiger partial charge in [0.05, 0.1) is 24.3 Å². The molecule has 1 aromatic heterocycles. The number of hydrogen-bond donors (Lipinski definition) is 4. The number of aliphatic hydroxyl groups is 1. The topological polar surface area (TPSA) is 144 Å². The maximum absolute atomic E-state index is 14.9. The zero-order chi connectivity index (χ0) is 29.8.